The summed E-state index contributed by atoms with van der Waals surface area (Å²) in [5.74, 6) is 1.83. The van der Waals surface area contributed by atoms with E-state index < -0.39 is 0 Å². The zero-order chi connectivity index (χ0) is 36.6. The van der Waals surface area contributed by atoms with E-state index >= 15 is 0 Å². The summed E-state index contributed by atoms with van der Waals surface area (Å²) >= 11 is 0. The van der Waals surface area contributed by atoms with Gasteiger partial charge in [0.25, 0.3) is 5.91 Å². The Bertz CT molecular complexity index is 1620. The van der Waals surface area contributed by atoms with Crippen LogP contribution in [0, 0.1) is 0 Å². The third kappa shape index (κ3) is 14.7. The number of anilines is 1. The molecule has 0 fully saturated rings. The van der Waals surface area contributed by atoms with Crippen LogP contribution < -0.4 is 15.4 Å². The number of nitrogens with zero attached hydrogens (tertiary/aromatic N) is 5. The number of benzene rings is 2. The van der Waals surface area contributed by atoms with Gasteiger partial charge >= 0.3 is 5.97 Å². The van der Waals surface area contributed by atoms with Crippen LogP contribution in [0.1, 0.15) is 66.7 Å². The number of nitrogens with one attached hydrogen (secondary N) is 2. The molecule has 0 aliphatic carbocycles. The van der Waals surface area contributed by atoms with E-state index in [1.54, 1.807) is 18.3 Å². The molecule has 0 spiro atoms. The van der Waals surface area contributed by atoms with Crippen molar-refractivity contribution in [1.82, 2.24) is 30.0 Å². The van der Waals surface area contributed by atoms with E-state index in [1.165, 1.54) is 13.4 Å². The highest BCUT2D eigenvalue weighted by molar-refractivity contribution is 5.95. The van der Waals surface area contributed by atoms with Crippen LogP contribution in [0.25, 0.3) is 11.5 Å². The molecule has 0 unspecified atom stereocenters. The van der Waals surface area contributed by atoms with Gasteiger partial charge in [-0.3, -0.25) is 9.59 Å². The molecule has 0 radical (unpaired) electrons. The molecule has 280 valence electrons. The zero-order valence-electron chi connectivity index (χ0n) is 30.3. The standard InChI is InChI=1S/C38H51N7O7/c1-45-35(43-44-37(45)34-16-17-39-29-42-34)28-40-32-13-10-12-31(26-32)38(47)41-27-30-11-9-14-33(25-30)52-20-7-4-3-6-18-49-21-23-51-24-22-50-19-8-5-15-36(46)48-2/h9-14,16-17,25-26,29,40H,3-8,15,18-24,27-28H2,1-2H3,(H,41,47). The van der Waals surface area contributed by atoms with Gasteiger partial charge in [0, 0.05) is 50.7 Å². The second kappa shape index (κ2) is 23.5. The van der Waals surface area contributed by atoms with E-state index in [2.05, 4.69) is 35.5 Å². The van der Waals surface area contributed by atoms with E-state index in [9.17, 15) is 9.59 Å². The number of unbranched alkanes of at least 4 members (excludes halogenated alkanes) is 4. The Morgan fingerprint density at radius 1 is 0.769 bits per heavy atom. The summed E-state index contributed by atoms with van der Waals surface area (Å²) in [5, 5.41) is 14.9. The van der Waals surface area contributed by atoms with Gasteiger partial charge in [-0.25, -0.2) is 9.97 Å². The molecular formula is C38H51N7O7. The van der Waals surface area contributed by atoms with Crippen molar-refractivity contribution in [2.24, 2.45) is 7.05 Å². The zero-order valence-corrected chi connectivity index (χ0v) is 30.3. The molecule has 0 saturated heterocycles. The second-order valence-electron chi connectivity index (χ2n) is 12.0. The number of carbonyl (C=O) groups excluding carboxylic acids is 2. The van der Waals surface area contributed by atoms with Crippen molar-refractivity contribution in [3.05, 3.63) is 84.1 Å². The Kier molecular flexibility index (Phi) is 18.0. The van der Waals surface area contributed by atoms with Crippen LogP contribution in [-0.4, -0.2) is 90.0 Å². The predicted octanol–water partition coefficient (Wildman–Crippen LogP) is 5.15. The molecule has 0 atom stereocenters. The van der Waals surface area contributed by atoms with Crippen LogP contribution in [0.2, 0.25) is 0 Å². The topological polar surface area (TPSA) is 161 Å². The van der Waals surface area contributed by atoms with Gasteiger partial charge in [0.05, 0.1) is 46.7 Å². The SMILES string of the molecule is COC(=O)CCCCOCCOCCOCCCCCCOc1cccc(CNC(=O)c2cccc(NCc3nnc(-c4ccncn4)n3C)c2)c1. The van der Waals surface area contributed by atoms with Gasteiger partial charge in [-0.2, -0.15) is 0 Å². The van der Waals surface area contributed by atoms with Crippen LogP contribution in [-0.2, 0) is 43.9 Å². The lowest BCUT2D eigenvalue weighted by Crippen LogP contribution is -2.22. The summed E-state index contributed by atoms with van der Waals surface area (Å²) in [6.07, 6.45) is 9.26. The number of hydrogen-bond acceptors (Lipinski definition) is 12. The lowest BCUT2D eigenvalue weighted by atomic mass is 10.1. The van der Waals surface area contributed by atoms with Crippen LogP contribution >= 0.6 is 0 Å². The van der Waals surface area contributed by atoms with Crippen molar-refractivity contribution >= 4 is 17.6 Å². The molecule has 1 amide bonds. The molecule has 2 aromatic carbocycles. The van der Waals surface area contributed by atoms with E-state index in [0.717, 1.165) is 61.3 Å². The van der Waals surface area contributed by atoms with E-state index in [4.69, 9.17) is 18.9 Å². The van der Waals surface area contributed by atoms with Gasteiger partial charge in [-0.1, -0.05) is 24.6 Å². The maximum Gasteiger partial charge on any atom is 0.305 e. The summed E-state index contributed by atoms with van der Waals surface area (Å²) < 4.78 is 29.1. The molecule has 4 rings (SSSR count). The third-order valence-corrected chi connectivity index (χ3v) is 8.05. The van der Waals surface area contributed by atoms with Gasteiger partial charge < -0.3 is 38.9 Å². The summed E-state index contributed by atoms with van der Waals surface area (Å²) in [6.45, 7) is 4.97. The van der Waals surface area contributed by atoms with Crippen LogP contribution in [0.15, 0.2) is 67.1 Å². The number of esters is 1. The molecule has 14 heteroatoms. The average Bonchev–Trinajstić information content (AvgIpc) is 3.55. The highest BCUT2D eigenvalue weighted by atomic mass is 16.5. The Morgan fingerprint density at radius 2 is 1.50 bits per heavy atom. The van der Waals surface area contributed by atoms with Crippen LogP contribution in [0.3, 0.4) is 0 Å². The fraction of sp³-hybridized carbons (Fsp3) is 0.474. The van der Waals surface area contributed by atoms with E-state index in [1.807, 2.05) is 54.1 Å². The summed E-state index contributed by atoms with van der Waals surface area (Å²) in [7, 11) is 3.29. The van der Waals surface area contributed by atoms with Crippen molar-refractivity contribution in [3.8, 4) is 17.3 Å². The lowest BCUT2D eigenvalue weighted by molar-refractivity contribution is -0.140. The minimum atomic E-state index is -0.183. The number of aromatic nitrogens is 5. The van der Waals surface area contributed by atoms with Crippen molar-refractivity contribution in [3.63, 3.8) is 0 Å². The highest BCUT2D eigenvalue weighted by Gasteiger charge is 2.12. The molecule has 4 aromatic rings. The lowest BCUT2D eigenvalue weighted by Gasteiger charge is -2.11. The maximum atomic E-state index is 13.0. The fourth-order valence-electron chi connectivity index (χ4n) is 5.11. The number of methoxy groups -OCH3 is 1. The van der Waals surface area contributed by atoms with E-state index in [-0.39, 0.29) is 11.9 Å². The molecule has 2 heterocycles. The first-order valence-corrected chi connectivity index (χ1v) is 17.8. The van der Waals surface area contributed by atoms with Crippen LogP contribution in [0.4, 0.5) is 5.69 Å². The number of amides is 1. The minimum absolute atomic E-state index is 0.164. The van der Waals surface area contributed by atoms with Gasteiger partial charge in [0.2, 0.25) is 0 Å². The monoisotopic (exact) mass is 717 g/mol. The Labute approximate surface area is 305 Å². The third-order valence-electron chi connectivity index (χ3n) is 8.05. The molecule has 0 saturated carbocycles. The van der Waals surface area contributed by atoms with Gasteiger partial charge in [-0.15, -0.1) is 10.2 Å². The minimum Gasteiger partial charge on any atom is -0.494 e. The van der Waals surface area contributed by atoms with Crippen molar-refractivity contribution in [1.29, 1.82) is 0 Å². The molecule has 2 N–H and O–H groups in total. The average molecular weight is 718 g/mol. The normalized spacial score (nSPS) is 11.0. The quantitative estimate of drug-likeness (QED) is 0.0651. The van der Waals surface area contributed by atoms with Crippen molar-refractivity contribution in [2.45, 2.75) is 58.0 Å². The first-order chi connectivity index (χ1) is 25.5. The van der Waals surface area contributed by atoms with Crippen LogP contribution in [0.5, 0.6) is 5.75 Å². The van der Waals surface area contributed by atoms with Gasteiger partial charge in [0.15, 0.2) is 11.6 Å². The molecule has 14 nitrogen and oxygen atoms in total. The second-order valence-corrected chi connectivity index (χ2v) is 12.0. The van der Waals surface area contributed by atoms with Gasteiger partial charge in [0.1, 0.15) is 17.8 Å². The number of rotatable bonds is 26. The fourth-order valence-corrected chi connectivity index (χ4v) is 5.11. The molecule has 0 aliphatic heterocycles. The van der Waals surface area contributed by atoms with Crippen molar-refractivity contribution < 1.29 is 33.3 Å². The number of carbonyl (C=O) groups is 2. The molecule has 0 bridgehead atoms. The Balaban J connectivity index is 1.02. The smallest absolute Gasteiger partial charge is 0.305 e. The number of ether oxygens (including phenoxy) is 5. The largest absolute Gasteiger partial charge is 0.494 e. The molecular weight excluding hydrogens is 666 g/mol. The summed E-state index contributed by atoms with van der Waals surface area (Å²) in [4.78, 5) is 32.2. The highest BCUT2D eigenvalue weighted by Crippen LogP contribution is 2.17. The summed E-state index contributed by atoms with van der Waals surface area (Å²) in [6, 6.07) is 17.0. The molecule has 0 aliphatic rings. The predicted molar refractivity (Wildman–Crippen MR) is 196 cm³/mol. The first kappa shape index (κ1) is 39.9. The first-order valence-electron chi connectivity index (χ1n) is 17.8. The number of hydrogen-bond donors (Lipinski definition) is 2. The maximum absolute atomic E-state index is 13.0. The molecule has 2 aromatic heterocycles. The van der Waals surface area contributed by atoms with E-state index in [0.29, 0.717) is 82.8 Å². The Morgan fingerprint density at radius 3 is 2.25 bits per heavy atom. The summed E-state index contributed by atoms with van der Waals surface area (Å²) in [5.41, 5.74) is 3.01. The Hall–Kier alpha value is -4.92. The van der Waals surface area contributed by atoms with Crippen molar-refractivity contribution in [2.75, 3.05) is 58.7 Å². The van der Waals surface area contributed by atoms with Gasteiger partial charge in [-0.05, 0) is 74.1 Å². The molecule has 52 heavy (non-hydrogen) atoms.